The second-order valence-electron chi connectivity index (χ2n) is 6.08. The highest BCUT2D eigenvalue weighted by molar-refractivity contribution is 7.38. The van der Waals surface area contributed by atoms with Crippen LogP contribution in [0.15, 0.2) is 12.2 Å². The number of fused-ring (bicyclic) bond motifs is 2. The molecule has 0 amide bonds. The van der Waals surface area contributed by atoms with Gasteiger partial charge in [-0.2, -0.15) is 0 Å². The van der Waals surface area contributed by atoms with Gasteiger partial charge in [-0.05, 0) is 43.3 Å². The van der Waals surface area contributed by atoms with Crippen molar-refractivity contribution in [3.05, 3.63) is 12.2 Å². The summed E-state index contributed by atoms with van der Waals surface area (Å²) in [5, 5.41) is 0. The predicted molar refractivity (Wildman–Crippen MR) is 65.2 cm³/mol. The fourth-order valence-electron chi connectivity index (χ4n) is 3.05. The highest BCUT2D eigenvalue weighted by Crippen LogP contribution is 2.53. The monoisotopic (exact) mass is 228 g/mol. The van der Waals surface area contributed by atoms with E-state index in [-0.39, 0.29) is 0 Å². The Morgan fingerprint density at radius 2 is 1.71 bits per heavy atom. The van der Waals surface area contributed by atoms with E-state index in [9.17, 15) is 4.11 Å². The smallest absolute Gasteiger partial charge is 0.227 e. The highest BCUT2D eigenvalue weighted by atomic mass is 29.3. The summed E-state index contributed by atoms with van der Waals surface area (Å²) in [5.41, 5.74) is 0.740. The van der Waals surface area contributed by atoms with Gasteiger partial charge < -0.3 is 4.11 Å². The standard InChI is InChI=1S/C11H21FSi2/c1-13(2,14(3,4)12)11-8-9-5-6-10(11)7-9/h5-6,9-11H,7-8H2,1-4H3. The van der Waals surface area contributed by atoms with Crippen LogP contribution in [0, 0.1) is 11.8 Å². The zero-order valence-electron chi connectivity index (χ0n) is 9.68. The van der Waals surface area contributed by atoms with Gasteiger partial charge in [0, 0.05) is 0 Å². The molecule has 0 nitrogen and oxygen atoms in total. The van der Waals surface area contributed by atoms with Crippen LogP contribution in [0.4, 0.5) is 4.11 Å². The fraction of sp³-hybridized carbons (Fsp3) is 0.818. The normalized spacial score (nSPS) is 36.8. The molecule has 2 rings (SSSR count). The van der Waals surface area contributed by atoms with Gasteiger partial charge in [0.25, 0.3) is 0 Å². The van der Waals surface area contributed by atoms with Crippen molar-refractivity contribution >= 4 is 15.5 Å². The van der Waals surface area contributed by atoms with Crippen LogP contribution in [0.3, 0.4) is 0 Å². The second-order valence-corrected chi connectivity index (χ2v) is 20.6. The average Bonchev–Trinajstić information content (AvgIpc) is 2.61. The van der Waals surface area contributed by atoms with Crippen molar-refractivity contribution in [2.75, 3.05) is 0 Å². The maximum absolute atomic E-state index is 14.3. The molecule has 0 aromatic heterocycles. The van der Waals surface area contributed by atoms with Crippen molar-refractivity contribution in [2.24, 2.45) is 11.8 Å². The Bertz CT molecular complexity index is 265. The average molecular weight is 228 g/mol. The first-order chi connectivity index (χ1) is 6.32. The lowest BCUT2D eigenvalue weighted by Gasteiger charge is -2.39. The Labute approximate surface area is 88.6 Å². The molecule has 3 unspecified atom stereocenters. The molecule has 1 fully saturated rings. The van der Waals surface area contributed by atoms with E-state index in [1.54, 1.807) is 0 Å². The molecule has 0 aromatic rings. The summed E-state index contributed by atoms with van der Waals surface area (Å²) in [6.07, 6.45) is 7.35. The van der Waals surface area contributed by atoms with Crippen LogP contribution in [0.25, 0.3) is 0 Å². The van der Waals surface area contributed by atoms with Gasteiger partial charge in [0.05, 0.1) is 7.59 Å². The highest BCUT2D eigenvalue weighted by Gasteiger charge is 2.53. The van der Waals surface area contributed by atoms with E-state index in [0.29, 0.717) is 0 Å². The van der Waals surface area contributed by atoms with Crippen LogP contribution in [0.2, 0.25) is 31.7 Å². The van der Waals surface area contributed by atoms with E-state index in [2.05, 4.69) is 25.2 Å². The molecule has 0 aromatic carbocycles. The van der Waals surface area contributed by atoms with E-state index in [0.717, 1.165) is 17.4 Å². The van der Waals surface area contributed by atoms with E-state index in [1.165, 1.54) is 12.8 Å². The lowest BCUT2D eigenvalue weighted by molar-refractivity contribution is 0.673. The third-order valence-electron chi connectivity index (χ3n) is 4.74. The van der Waals surface area contributed by atoms with Crippen molar-refractivity contribution in [1.29, 1.82) is 0 Å². The molecule has 80 valence electrons. The predicted octanol–water partition coefficient (Wildman–Crippen LogP) is 3.91. The van der Waals surface area contributed by atoms with Crippen LogP contribution in [-0.2, 0) is 0 Å². The van der Waals surface area contributed by atoms with Crippen LogP contribution in [0.5, 0.6) is 0 Å². The molecular formula is C11H21FSi2. The quantitative estimate of drug-likeness (QED) is 0.382. The summed E-state index contributed by atoms with van der Waals surface area (Å²) in [4.78, 5) is 0. The van der Waals surface area contributed by atoms with E-state index < -0.39 is 15.5 Å². The molecule has 2 bridgehead atoms. The fourth-order valence-corrected chi connectivity index (χ4v) is 9.78. The Balaban J connectivity index is 2.20. The molecule has 2 aliphatic rings. The first kappa shape index (κ1) is 10.6. The summed E-state index contributed by atoms with van der Waals surface area (Å²) >= 11 is 0. The molecule has 3 atom stereocenters. The number of rotatable bonds is 2. The van der Waals surface area contributed by atoms with Gasteiger partial charge in [0.15, 0.2) is 0 Å². The lowest BCUT2D eigenvalue weighted by Crippen LogP contribution is -2.55. The zero-order chi connectivity index (χ0) is 10.6. The minimum Gasteiger partial charge on any atom is -0.318 e. The molecular weight excluding hydrogens is 207 g/mol. The molecule has 0 aliphatic heterocycles. The van der Waals surface area contributed by atoms with Crippen LogP contribution in [0.1, 0.15) is 12.8 Å². The minimum absolute atomic E-state index is 0.740. The van der Waals surface area contributed by atoms with Crippen molar-refractivity contribution < 1.29 is 4.11 Å². The number of allylic oxidation sites excluding steroid dienone is 2. The topological polar surface area (TPSA) is 0 Å². The summed E-state index contributed by atoms with van der Waals surface area (Å²) in [6.45, 7) is 8.43. The first-order valence-corrected chi connectivity index (χ1v) is 12.6. The first-order valence-electron chi connectivity index (χ1n) is 5.69. The molecule has 0 N–H and O–H groups in total. The second kappa shape index (κ2) is 3.05. The minimum atomic E-state index is -2.38. The van der Waals surface area contributed by atoms with Crippen molar-refractivity contribution in [1.82, 2.24) is 0 Å². The van der Waals surface area contributed by atoms with Crippen LogP contribution < -0.4 is 0 Å². The van der Waals surface area contributed by atoms with Gasteiger partial charge in [-0.25, -0.2) is 0 Å². The summed E-state index contributed by atoms with van der Waals surface area (Å²) in [5.74, 6) is 1.54. The maximum atomic E-state index is 14.3. The molecule has 14 heavy (non-hydrogen) atoms. The third kappa shape index (κ3) is 1.45. The summed E-state index contributed by atoms with van der Waals surface area (Å²) in [6, 6.07) is 0. The maximum Gasteiger partial charge on any atom is 0.227 e. The summed E-state index contributed by atoms with van der Waals surface area (Å²) in [7, 11) is -3.99. The molecule has 2 aliphatic carbocycles. The van der Waals surface area contributed by atoms with E-state index in [4.69, 9.17) is 0 Å². The van der Waals surface area contributed by atoms with Gasteiger partial charge in [-0.15, -0.1) is 0 Å². The Kier molecular flexibility index (Phi) is 2.31. The molecule has 3 heteroatoms. The van der Waals surface area contributed by atoms with E-state index >= 15 is 0 Å². The van der Waals surface area contributed by atoms with Crippen LogP contribution in [-0.4, -0.2) is 15.5 Å². The molecule has 1 saturated carbocycles. The Morgan fingerprint density at radius 3 is 2.07 bits per heavy atom. The van der Waals surface area contributed by atoms with E-state index in [1.807, 2.05) is 13.1 Å². The zero-order valence-corrected chi connectivity index (χ0v) is 11.7. The third-order valence-corrected chi connectivity index (χ3v) is 20.6. The number of hydrogen-bond acceptors (Lipinski definition) is 0. The lowest BCUT2D eigenvalue weighted by atomic mass is 10.1. The Morgan fingerprint density at radius 1 is 1.07 bits per heavy atom. The molecule has 0 heterocycles. The van der Waals surface area contributed by atoms with Crippen molar-refractivity contribution in [2.45, 2.75) is 44.6 Å². The van der Waals surface area contributed by atoms with Crippen LogP contribution >= 0.6 is 0 Å². The van der Waals surface area contributed by atoms with Crippen molar-refractivity contribution in [3.63, 3.8) is 0 Å². The molecule has 0 spiro atoms. The van der Waals surface area contributed by atoms with Gasteiger partial charge in [0.1, 0.15) is 0 Å². The van der Waals surface area contributed by atoms with Gasteiger partial charge in [0.2, 0.25) is 7.93 Å². The van der Waals surface area contributed by atoms with Gasteiger partial charge in [-0.1, -0.05) is 25.2 Å². The number of hydrogen-bond donors (Lipinski definition) is 0. The Hall–Kier alpha value is 0.104. The molecule has 0 radical (unpaired) electrons. The SMILES string of the molecule is C[Si](C)(F)[Si](C)(C)C1CC2C=CC1C2. The van der Waals surface area contributed by atoms with Gasteiger partial charge in [-0.3, -0.25) is 0 Å². The number of halogens is 1. The molecule has 0 saturated heterocycles. The van der Waals surface area contributed by atoms with Gasteiger partial charge >= 0.3 is 0 Å². The largest absolute Gasteiger partial charge is 0.318 e. The summed E-state index contributed by atoms with van der Waals surface area (Å²) < 4.78 is 14.3. The van der Waals surface area contributed by atoms with Crippen molar-refractivity contribution in [3.8, 4) is 0 Å².